The highest BCUT2D eigenvalue weighted by atomic mass is 32.2. The van der Waals surface area contributed by atoms with Gasteiger partial charge in [0.1, 0.15) is 0 Å². The van der Waals surface area contributed by atoms with Crippen LogP contribution in [0.3, 0.4) is 0 Å². The van der Waals surface area contributed by atoms with Crippen molar-refractivity contribution in [2.75, 3.05) is 6.54 Å². The number of nitrogens with one attached hydrogen (secondary N) is 1. The van der Waals surface area contributed by atoms with E-state index in [-0.39, 0.29) is 5.41 Å². The Morgan fingerprint density at radius 1 is 1.42 bits per heavy atom. The fourth-order valence-corrected chi connectivity index (χ4v) is 3.39. The number of hydrogen-bond donors (Lipinski definition) is 2. The first-order valence-corrected chi connectivity index (χ1v) is 8.04. The number of hydrogen-bond acceptors (Lipinski definition) is 3. The third kappa shape index (κ3) is 3.16. The summed E-state index contributed by atoms with van der Waals surface area (Å²) in [6.07, 6.45) is 1.08. The minimum Gasteiger partial charge on any atom is -0.326 e. The fraction of sp³-hybridized carbons (Fsp3) is 0.571. The van der Waals surface area contributed by atoms with E-state index in [9.17, 15) is 8.42 Å². The summed E-state index contributed by atoms with van der Waals surface area (Å²) in [6, 6.07) is 5.10. The van der Waals surface area contributed by atoms with E-state index in [1.54, 1.807) is 18.2 Å². The Morgan fingerprint density at radius 2 is 2.05 bits per heavy atom. The lowest BCUT2D eigenvalue weighted by atomic mass is 10.1. The summed E-state index contributed by atoms with van der Waals surface area (Å²) in [7, 11) is -3.42. The Hall–Kier alpha value is -0.910. The molecule has 5 heteroatoms. The van der Waals surface area contributed by atoms with E-state index in [1.165, 1.54) is 0 Å². The molecule has 1 atom stereocenters. The number of sulfonamides is 1. The van der Waals surface area contributed by atoms with Crippen LogP contribution in [0.15, 0.2) is 23.1 Å². The van der Waals surface area contributed by atoms with Gasteiger partial charge in [-0.05, 0) is 47.9 Å². The van der Waals surface area contributed by atoms with Crippen LogP contribution in [0.5, 0.6) is 0 Å². The minimum absolute atomic E-state index is 0.276. The Labute approximate surface area is 115 Å². The molecular formula is C14H22N2O2S. The summed E-state index contributed by atoms with van der Waals surface area (Å²) in [5.41, 5.74) is 7.78. The van der Waals surface area contributed by atoms with Crippen molar-refractivity contribution >= 4 is 10.0 Å². The summed E-state index contributed by atoms with van der Waals surface area (Å²) in [5, 5.41) is 0. The maximum absolute atomic E-state index is 12.2. The van der Waals surface area contributed by atoms with Crippen molar-refractivity contribution in [2.24, 2.45) is 17.1 Å². The lowest BCUT2D eigenvalue weighted by Gasteiger charge is -2.10. The highest BCUT2D eigenvalue weighted by molar-refractivity contribution is 7.89. The first kappa shape index (κ1) is 14.5. The number of aryl methyl sites for hydroxylation is 1. The van der Waals surface area contributed by atoms with Crippen LogP contribution in [0.2, 0.25) is 0 Å². The van der Waals surface area contributed by atoms with E-state index in [4.69, 9.17) is 5.73 Å². The van der Waals surface area contributed by atoms with Crippen molar-refractivity contribution in [2.45, 2.75) is 38.6 Å². The molecule has 1 aliphatic carbocycles. The third-order valence-electron chi connectivity index (χ3n) is 4.09. The Morgan fingerprint density at radius 3 is 2.58 bits per heavy atom. The maximum atomic E-state index is 12.2. The van der Waals surface area contributed by atoms with Gasteiger partial charge in [0.05, 0.1) is 4.90 Å². The van der Waals surface area contributed by atoms with E-state index in [2.05, 4.69) is 18.6 Å². The highest BCUT2D eigenvalue weighted by Gasteiger charge is 2.45. The summed E-state index contributed by atoms with van der Waals surface area (Å²) in [5.74, 6) is 0.446. The van der Waals surface area contributed by atoms with E-state index in [1.807, 2.05) is 6.92 Å². The van der Waals surface area contributed by atoms with Crippen LogP contribution in [0, 0.1) is 18.3 Å². The molecule has 0 radical (unpaired) electrons. The van der Waals surface area contributed by atoms with Crippen molar-refractivity contribution in [3.63, 3.8) is 0 Å². The van der Waals surface area contributed by atoms with Crippen LogP contribution in [-0.4, -0.2) is 15.0 Å². The molecule has 1 aromatic rings. The molecule has 1 fully saturated rings. The number of benzene rings is 1. The molecule has 106 valence electrons. The van der Waals surface area contributed by atoms with Gasteiger partial charge < -0.3 is 5.73 Å². The van der Waals surface area contributed by atoms with E-state index >= 15 is 0 Å². The van der Waals surface area contributed by atoms with Crippen LogP contribution in [-0.2, 0) is 16.6 Å². The maximum Gasteiger partial charge on any atom is 0.240 e. The molecule has 1 aliphatic rings. The van der Waals surface area contributed by atoms with Crippen LogP contribution in [0.1, 0.15) is 31.4 Å². The summed E-state index contributed by atoms with van der Waals surface area (Å²) >= 11 is 0. The van der Waals surface area contributed by atoms with Crippen molar-refractivity contribution in [3.8, 4) is 0 Å². The monoisotopic (exact) mass is 282 g/mol. The first-order valence-electron chi connectivity index (χ1n) is 6.55. The van der Waals surface area contributed by atoms with Crippen molar-refractivity contribution < 1.29 is 8.42 Å². The van der Waals surface area contributed by atoms with Gasteiger partial charge in [0.25, 0.3) is 0 Å². The molecule has 1 aromatic carbocycles. The van der Waals surface area contributed by atoms with Gasteiger partial charge in [0, 0.05) is 13.1 Å². The molecule has 0 aliphatic heterocycles. The van der Waals surface area contributed by atoms with E-state index < -0.39 is 10.0 Å². The molecule has 0 amide bonds. The zero-order valence-electron chi connectivity index (χ0n) is 11.7. The van der Waals surface area contributed by atoms with Gasteiger partial charge in [0.15, 0.2) is 0 Å². The molecule has 3 N–H and O–H groups in total. The summed E-state index contributed by atoms with van der Waals surface area (Å²) in [6.45, 7) is 7.11. The topological polar surface area (TPSA) is 72.2 Å². The number of rotatable bonds is 5. The smallest absolute Gasteiger partial charge is 0.240 e. The van der Waals surface area contributed by atoms with E-state index in [0.29, 0.717) is 23.9 Å². The second-order valence-electron chi connectivity index (χ2n) is 6.03. The zero-order chi connectivity index (χ0) is 14.3. The predicted molar refractivity (Wildman–Crippen MR) is 76.1 cm³/mol. The third-order valence-corrected chi connectivity index (χ3v) is 5.51. The molecule has 0 bridgehead atoms. The molecule has 1 saturated carbocycles. The fourth-order valence-electron chi connectivity index (χ4n) is 2.25. The predicted octanol–water partition coefficient (Wildman–Crippen LogP) is 1.78. The second kappa shape index (κ2) is 4.89. The highest BCUT2D eigenvalue weighted by Crippen LogP contribution is 2.51. The molecule has 0 aromatic heterocycles. The quantitative estimate of drug-likeness (QED) is 0.864. The zero-order valence-corrected chi connectivity index (χ0v) is 12.5. The Kier molecular flexibility index (Phi) is 3.73. The van der Waals surface area contributed by atoms with Crippen LogP contribution in [0.25, 0.3) is 0 Å². The summed E-state index contributed by atoms with van der Waals surface area (Å²) < 4.78 is 27.1. The van der Waals surface area contributed by atoms with Gasteiger partial charge in [-0.1, -0.05) is 19.9 Å². The van der Waals surface area contributed by atoms with Crippen LogP contribution in [0.4, 0.5) is 0 Å². The molecule has 1 unspecified atom stereocenters. The van der Waals surface area contributed by atoms with Crippen molar-refractivity contribution in [1.29, 1.82) is 0 Å². The van der Waals surface area contributed by atoms with Crippen LogP contribution >= 0.6 is 0 Å². The van der Waals surface area contributed by atoms with Crippen LogP contribution < -0.4 is 10.5 Å². The SMILES string of the molecule is Cc1ccc(S(=O)(=O)NCC2CC2(C)C)cc1CN. The van der Waals surface area contributed by atoms with Crippen molar-refractivity contribution in [1.82, 2.24) is 4.72 Å². The van der Waals surface area contributed by atoms with Gasteiger partial charge >= 0.3 is 0 Å². The molecule has 2 rings (SSSR count). The molecule has 4 nitrogen and oxygen atoms in total. The number of nitrogens with two attached hydrogens (primary N) is 1. The molecular weight excluding hydrogens is 260 g/mol. The van der Waals surface area contributed by atoms with Crippen molar-refractivity contribution in [3.05, 3.63) is 29.3 Å². The summed E-state index contributed by atoms with van der Waals surface area (Å²) in [4.78, 5) is 0.303. The Balaban J connectivity index is 2.11. The Bertz CT molecular complexity index is 579. The lowest BCUT2D eigenvalue weighted by molar-refractivity contribution is 0.537. The van der Waals surface area contributed by atoms with Gasteiger partial charge in [-0.15, -0.1) is 0 Å². The van der Waals surface area contributed by atoms with Gasteiger partial charge in [-0.3, -0.25) is 0 Å². The first-order chi connectivity index (χ1) is 8.76. The second-order valence-corrected chi connectivity index (χ2v) is 7.80. The van der Waals surface area contributed by atoms with E-state index in [0.717, 1.165) is 17.5 Å². The normalized spacial score (nSPS) is 21.4. The molecule has 19 heavy (non-hydrogen) atoms. The molecule has 0 heterocycles. The standard InChI is InChI=1S/C14H22N2O2S/c1-10-4-5-13(6-11(10)8-15)19(17,18)16-9-12-7-14(12,2)3/h4-6,12,16H,7-9,15H2,1-3H3. The largest absolute Gasteiger partial charge is 0.326 e. The molecule has 0 saturated heterocycles. The minimum atomic E-state index is -3.42. The lowest BCUT2D eigenvalue weighted by Crippen LogP contribution is -2.27. The van der Waals surface area contributed by atoms with Gasteiger partial charge in [0.2, 0.25) is 10.0 Å². The average Bonchev–Trinajstić information content (AvgIpc) is 2.95. The van der Waals surface area contributed by atoms with Gasteiger partial charge in [-0.25, -0.2) is 13.1 Å². The average molecular weight is 282 g/mol. The van der Waals surface area contributed by atoms with Gasteiger partial charge in [-0.2, -0.15) is 0 Å². The molecule has 0 spiro atoms.